The molecule has 0 atom stereocenters. The molecule has 0 aliphatic heterocycles. The fourth-order valence-electron chi connectivity index (χ4n) is 1.77. The average Bonchev–Trinajstić information content (AvgIpc) is 2.78. The number of rotatable bonds is 5. The molecule has 4 nitrogen and oxygen atoms in total. The van der Waals surface area contributed by atoms with Crippen molar-refractivity contribution in [2.45, 2.75) is 13.3 Å². The summed E-state index contributed by atoms with van der Waals surface area (Å²) >= 11 is 7.09. The van der Waals surface area contributed by atoms with Gasteiger partial charge in [-0.1, -0.05) is 23.7 Å². The first kappa shape index (κ1) is 14.8. The van der Waals surface area contributed by atoms with Crippen molar-refractivity contribution < 1.29 is 9.53 Å². The minimum atomic E-state index is -0.181. The van der Waals surface area contributed by atoms with Crippen molar-refractivity contribution in [3.63, 3.8) is 0 Å². The monoisotopic (exact) mass is 310 g/mol. The molecule has 6 heteroatoms. The van der Waals surface area contributed by atoms with E-state index in [9.17, 15) is 4.79 Å². The highest BCUT2D eigenvalue weighted by molar-refractivity contribution is 7.15. The maximum atomic E-state index is 11.9. The van der Waals surface area contributed by atoms with Crippen LogP contribution < -0.4 is 10.1 Å². The maximum absolute atomic E-state index is 11.9. The van der Waals surface area contributed by atoms with Crippen LogP contribution >= 0.6 is 22.9 Å². The van der Waals surface area contributed by atoms with Gasteiger partial charge in [0, 0.05) is 11.4 Å². The number of nitrogens with zero attached hydrogens (tertiary/aromatic N) is 1. The summed E-state index contributed by atoms with van der Waals surface area (Å²) in [7, 11) is 1.64. The molecule has 0 fully saturated rings. The second-order valence-electron chi connectivity index (χ2n) is 4.23. The third kappa shape index (κ3) is 3.71. The molecule has 1 aromatic carbocycles. The predicted octanol–water partition coefficient (Wildman–Crippen LogP) is 3.09. The number of hydrogen-bond donors (Lipinski definition) is 1. The Morgan fingerprint density at radius 1 is 1.40 bits per heavy atom. The lowest BCUT2D eigenvalue weighted by molar-refractivity contribution is 0.0949. The van der Waals surface area contributed by atoms with E-state index < -0.39 is 0 Å². The number of amides is 1. The average molecular weight is 311 g/mol. The number of benzene rings is 1. The van der Waals surface area contributed by atoms with Gasteiger partial charge in [0.15, 0.2) is 4.47 Å². The molecule has 0 saturated carbocycles. The van der Waals surface area contributed by atoms with Gasteiger partial charge in [0.1, 0.15) is 11.4 Å². The third-order valence-electron chi connectivity index (χ3n) is 2.84. The molecule has 106 valence electrons. The number of carbonyl (C=O) groups is 1. The maximum Gasteiger partial charge on any atom is 0.271 e. The van der Waals surface area contributed by atoms with E-state index in [0.717, 1.165) is 22.6 Å². The van der Waals surface area contributed by atoms with E-state index in [2.05, 4.69) is 10.3 Å². The Balaban J connectivity index is 1.86. The molecule has 0 spiro atoms. The zero-order valence-electron chi connectivity index (χ0n) is 11.3. The number of halogens is 1. The lowest BCUT2D eigenvalue weighted by Crippen LogP contribution is -2.26. The number of hydrogen-bond acceptors (Lipinski definition) is 4. The lowest BCUT2D eigenvalue weighted by atomic mass is 10.1. The quantitative estimate of drug-likeness (QED) is 0.923. The first-order valence-corrected chi connectivity index (χ1v) is 7.33. The van der Waals surface area contributed by atoms with Gasteiger partial charge < -0.3 is 10.1 Å². The first-order valence-electron chi connectivity index (χ1n) is 6.14. The van der Waals surface area contributed by atoms with Gasteiger partial charge in [0.2, 0.25) is 0 Å². The molecular formula is C14H15ClN2O2S. The van der Waals surface area contributed by atoms with Crippen molar-refractivity contribution in [1.29, 1.82) is 0 Å². The summed E-state index contributed by atoms with van der Waals surface area (Å²) in [4.78, 5) is 16.8. The molecular weight excluding hydrogens is 296 g/mol. The Morgan fingerprint density at radius 3 is 2.65 bits per heavy atom. The summed E-state index contributed by atoms with van der Waals surface area (Å²) in [6.07, 6.45) is 0.757. The zero-order chi connectivity index (χ0) is 14.5. The van der Waals surface area contributed by atoms with Crippen LogP contribution in [0.5, 0.6) is 5.75 Å². The number of nitrogens with one attached hydrogen (secondary N) is 1. The van der Waals surface area contributed by atoms with Crippen LogP contribution in [0.4, 0.5) is 0 Å². The van der Waals surface area contributed by atoms with E-state index in [1.54, 1.807) is 7.11 Å². The van der Waals surface area contributed by atoms with E-state index in [0.29, 0.717) is 16.7 Å². The number of ether oxygens (including phenoxy) is 1. The van der Waals surface area contributed by atoms with Crippen LogP contribution in [0.3, 0.4) is 0 Å². The summed E-state index contributed by atoms with van der Waals surface area (Å²) in [5, 5.41) is 2.85. The van der Waals surface area contributed by atoms with Gasteiger partial charge in [-0.25, -0.2) is 4.98 Å². The molecule has 0 saturated heterocycles. The van der Waals surface area contributed by atoms with Crippen molar-refractivity contribution in [2.75, 3.05) is 13.7 Å². The second-order valence-corrected chi connectivity index (χ2v) is 6.01. The molecule has 20 heavy (non-hydrogen) atoms. The van der Waals surface area contributed by atoms with Crippen LogP contribution in [0.15, 0.2) is 24.3 Å². The molecule has 1 amide bonds. The number of thiazole rings is 1. The molecule has 0 aliphatic carbocycles. The highest BCUT2D eigenvalue weighted by Crippen LogP contribution is 2.21. The molecule has 2 rings (SSSR count). The molecule has 1 heterocycles. The largest absolute Gasteiger partial charge is 0.497 e. The standard InChI is InChI=1S/C14H15ClN2O2S/c1-9-12(17-14(15)20-9)13(18)16-8-7-10-3-5-11(19-2)6-4-10/h3-6H,7-8H2,1-2H3,(H,16,18). The summed E-state index contributed by atoms with van der Waals surface area (Å²) in [6, 6.07) is 7.77. The van der Waals surface area contributed by atoms with Crippen molar-refractivity contribution in [1.82, 2.24) is 10.3 Å². The fraction of sp³-hybridized carbons (Fsp3) is 0.286. The predicted molar refractivity (Wildman–Crippen MR) is 80.9 cm³/mol. The Bertz CT molecular complexity index is 596. The Morgan fingerprint density at radius 2 is 2.10 bits per heavy atom. The lowest BCUT2D eigenvalue weighted by Gasteiger charge is -2.05. The zero-order valence-corrected chi connectivity index (χ0v) is 12.8. The number of aryl methyl sites for hydroxylation is 1. The minimum Gasteiger partial charge on any atom is -0.497 e. The second kappa shape index (κ2) is 6.72. The Kier molecular flexibility index (Phi) is 4.98. The third-order valence-corrected chi connectivity index (χ3v) is 3.92. The van der Waals surface area contributed by atoms with Crippen molar-refractivity contribution >= 4 is 28.8 Å². The Labute approximate surface area is 126 Å². The van der Waals surface area contributed by atoms with Gasteiger partial charge in [-0.15, -0.1) is 11.3 Å². The smallest absolute Gasteiger partial charge is 0.271 e. The van der Waals surface area contributed by atoms with E-state index in [1.165, 1.54) is 11.3 Å². The van der Waals surface area contributed by atoms with Crippen LogP contribution in [-0.2, 0) is 6.42 Å². The van der Waals surface area contributed by atoms with Gasteiger partial charge in [-0.3, -0.25) is 4.79 Å². The number of aromatic nitrogens is 1. The normalized spacial score (nSPS) is 10.3. The van der Waals surface area contributed by atoms with Crippen LogP contribution in [-0.4, -0.2) is 24.5 Å². The first-order chi connectivity index (χ1) is 9.60. The summed E-state index contributed by atoms with van der Waals surface area (Å²) < 4.78 is 5.49. The SMILES string of the molecule is COc1ccc(CCNC(=O)c2nc(Cl)sc2C)cc1. The van der Waals surface area contributed by atoms with Crippen LogP contribution in [0, 0.1) is 6.92 Å². The Hall–Kier alpha value is -1.59. The van der Waals surface area contributed by atoms with Gasteiger partial charge in [0.25, 0.3) is 5.91 Å². The number of methoxy groups -OCH3 is 1. The number of carbonyl (C=O) groups excluding carboxylic acids is 1. The molecule has 0 radical (unpaired) electrons. The van der Waals surface area contributed by atoms with Gasteiger partial charge in [-0.05, 0) is 31.0 Å². The van der Waals surface area contributed by atoms with E-state index >= 15 is 0 Å². The molecule has 0 unspecified atom stereocenters. The molecule has 1 aromatic heterocycles. The molecule has 0 bridgehead atoms. The van der Waals surface area contributed by atoms with E-state index in [1.807, 2.05) is 31.2 Å². The molecule has 1 N–H and O–H groups in total. The van der Waals surface area contributed by atoms with Gasteiger partial charge in [0.05, 0.1) is 7.11 Å². The fourth-order valence-corrected chi connectivity index (χ4v) is 2.83. The van der Waals surface area contributed by atoms with Crippen LogP contribution in [0.2, 0.25) is 4.47 Å². The summed E-state index contributed by atoms with van der Waals surface area (Å²) in [5.41, 5.74) is 1.55. The molecule has 0 aliphatic rings. The molecule has 2 aromatic rings. The van der Waals surface area contributed by atoms with Gasteiger partial charge >= 0.3 is 0 Å². The highest BCUT2D eigenvalue weighted by Gasteiger charge is 2.13. The summed E-state index contributed by atoms with van der Waals surface area (Å²) in [5.74, 6) is 0.643. The highest BCUT2D eigenvalue weighted by atomic mass is 35.5. The summed E-state index contributed by atoms with van der Waals surface area (Å²) in [6.45, 7) is 2.39. The van der Waals surface area contributed by atoms with Crippen molar-refractivity contribution in [3.05, 3.63) is 44.9 Å². The van der Waals surface area contributed by atoms with Crippen molar-refractivity contribution in [2.24, 2.45) is 0 Å². The van der Waals surface area contributed by atoms with Crippen LogP contribution in [0.1, 0.15) is 20.9 Å². The van der Waals surface area contributed by atoms with Crippen LogP contribution in [0.25, 0.3) is 0 Å². The van der Waals surface area contributed by atoms with Gasteiger partial charge in [-0.2, -0.15) is 0 Å². The topological polar surface area (TPSA) is 51.2 Å². The minimum absolute atomic E-state index is 0.181. The van der Waals surface area contributed by atoms with E-state index in [-0.39, 0.29) is 5.91 Å². The van der Waals surface area contributed by atoms with Crippen molar-refractivity contribution in [3.8, 4) is 5.75 Å². The van der Waals surface area contributed by atoms with E-state index in [4.69, 9.17) is 16.3 Å².